The molecule has 4 rings (SSSR count). The summed E-state index contributed by atoms with van der Waals surface area (Å²) in [5.41, 5.74) is 0.160. The summed E-state index contributed by atoms with van der Waals surface area (Å²) < 4.78 is 37.5. The minimum atomic E-state index is -3.67. The molecule has 1 heterocycles. The lowest BCUT2D eigenvalue weighted by molar-refractivity contribution is -0.140. The van der Waals surface area contributed by atoms with Gasteiger partial charge in [0, 0.05) is 18.1 Å². The van der Waals surface area contributed by atoms with E-state index in [9.17, 15) is 18.0 Å². The van der Waals surface area contributed by atoms with Crippen LogP contribution in [0, 0.1) is 5.92 Å². The minimum Gasteiger partial charge on any atom is -0.465 e. The van der Waals surface area contributed by atoms with Gasteiger partial charge < -0.3 is 9.47 Å². The second kappa shape index (κ2) is 9.51. The van der Waals surface area contributed by atoms with Crippen LogP contribution in [0.5, 0.6) is 5.75 Å². The number of methoxy groups -OCH3 is 1. The van der Waals surface area contributed by atoms with Gasteiger partial charge in [0.05, 0.1) is 17.9 Å². The van der Waals surface area contributed by atoms with Crippen LogP contribution in [0.2, 0.25) is 5.02 Å². The van der Waals surface area contributed by atoms with Crippen LogP contribution in [0.1, 0.15) is 23.2 Å². The molecule has 1 saturated heterocycles. The van der Waals surface area contributed by atoms with Crippen LogP contribution in [0.15, 0.2) is 65.6 Å². The van der Waals surface area contributed by atoms with Crippen molar-refractivity contribution in [1.29, 1.82) is 0 Å². The zero-order valence-corrected chi connectivity index (χ0v) is 19.4. The summed E-state index contributed by atoms with van der Waals surface area (Å²) >= 11 is 5.85. The largest absolute Gasteiger partial charge is 0.465 e. The summed E-state index contributed by atoms with van der Waals surface area (Å²) in [7, 11) is -2.41. The number of fused-ring (bicyclic) bond motifs is 1. The van der Waals surface area contributed by atoms with Crippen LogP contribution >= 0.6 is 11.6 Å². The Balaban J connectivity index is 1.48. The van der Waals surface area contributed by atoms with Crippen LogP contribution in [-0.4, -0.2) is 44.9 Å². The van der Waals surface area contributed by atoms with Gasteiger partial charge in [0.1, 0.15) is 11.3 Å². The third-order valence-electron chi connectivity index (χ3n) is 5.70. The van der Waals surface area contributed by atoms with E-state index in [0.717, 1.165) is 10.8 Å². The summed E-state index contributed by atoms with van der Waals surface area (Å²) in [5.74, 6) is -1.47. The van der Waals surface area contributed by atoms with E-state index < -0.39 is 27.9 Å². The van der Waals surface area contributed by atoms with Gasteiger partial charge in [-0.3, -0.25) is 4.79 Å². The van der Waals surface area contributed by atoms with E-state index in [1.54, 1.807) is 12.1 Å². The van der Waals surface area contributed by atoms with Crippen molar-refractivity contribution >= 4 is 44.3 Å². The molecule has 172 valence electrons. The van der Waals surface area contributed by atoms with E-state index >= 15 is 0 Å². The molecule has 0 N–H and O–H groups in total. The smallest absolute Gasteiger partial charge is 0.341 e. The molecule has 0 unspecified atom stereocenters. The van der Waals surface area contributed by atoms with E-state index in [4.69, 9.17) is 21.1 Å². The van der Waals surface area contributed by atoms with Gasteiger partial charge >= 0.3 is 11.9 Å². The first-order valence-electron chi connectivity index (χ1n) is 10.4. The zero-order chi connectivity index (χ0) is 23.6. The summed E-state index contributed by atoms with van der Waals surface area (Å²) in [6.45, 7) is 0.374. The molecule has 1 aliphatic rings. The number of nitrogens with zero attached hydrogens (tertiary/aromatic N) is 1. The van der Waals surface area contributed by atoms with E-state index in [1.165, 1.54) is 35.7 Å². The minimum absolute atomic E-state index is 0.127. The topological polar surface area (TPSA) is 90.0 Å². The van der Waals surface area contributed by atoms with Crippen LogP contribution < -0.4 is 4.74 Å². The maximum Gasteiger partial charge on any atom is 0.341 e. The molecule has 0 atom stereocenters. The number of hydrogen-bond acceptors (Lipinski definition) is 6. The molecule has 0 aromatic heterocycles. The molecule has 3 aromatic carbocycles. The molecule has 0 radical (unpaired) electrons. The second-order valence-electron chi connectivity index (χ2n) is 7.74. The number of halogens is 1. The molecule has 1 aliphatic heterocycles. The zero-order valence-electron chi connectivity index (χ0n) is 17.9. The average Bonchev–Trinajstić information content (AvgIpc) is 2.83. The highest BCUT2D eigenvalue weighted by Gasteiger charge is 2.33. The Morgan fingerprint density at radius 1 is 0.970 bits per heavy atom. The first-order chi connectivity index (χ1) is 15.8. The number of sulfonamides is 1. The van der Waals surface area contributed by atoms with Gasteiger partial charge in [0.15, 0.2) is 0 Å². The lowest BCUT2D eigenvalue weighted by Gasteiger charge is -2.30. The van der Waals surface area contributed by atoms with E-state index in [2.05, 4.69) is 0 Å². The molecule has 3 aromatic rings. The average molecular weight is 488 g/mol. The summed E-state index contributed by atoms with van der Waals surface area (Å²) in [6.07, 6.45) is 0.625. The Morgan fingerprint density at radius 3 is 2.18 bits per heavy atom. The van der Waals surface area contributed by atoms with Crippen molar-refractivity contribution in [2.24, 2.45) is 5.92 Å². The third kappa shape index (κ3) is 4.88. The van der Waals surface area contributed by atoms with Gasteiger partial charge in [0.25, 0.3) is 0 Å². The number of benzene rings is 3. The fourth-order valence-corrected chi connectivity index (χ4v) is 5.45. The van der Waals surface area contributed by atoms with Crippen LogP contribution in [0.3, 0.4) is 0 Å². The summed E-state index contributed by atoms with van der Waals surface area (Å²) in [4.78, 5) is 25.3. The molecule has 0 bridgehead atoms. The molecule has 0 saturated carbocycles. The maximum absolute atomic E-state index is 12.9. The Bertz CT molecular complexity index is 1300. The fraction of sp³-hybridized carbons (Fsp3) is 0.250. The monoisotopic (exact) mass is 487 g/mol. The molecular weight excluding hydrogens is 466 g/mol. The maximum atomic E-state index is 12.9. The lowest BCUT2D eigenvalue weighted by Crippen LogP contribution is -2.41. The Morgan fingerprint density at radius 2 is 1.58 bits per heavy atom. The first-order valence-corrected chi connectivity index (χ1v) is 12.2. The highest BCUT2D eigenvalue weighted by molar-refractivity contribution is 7.89. The predicted molar refractivity (Wildman–Crippen MR) is 124 cm³/mol. The van der Waals surface area contributed by atoms with Gasteiger partial charge in [-0.05, 0) is 60.0 Å². The number of piperidine rings is 1. The SMILES string of the molecule is COC(=O)c1cc2ccccc2cc1OC(=O)C1CCN(S(=O)(=O)c2ccc(Cl)cc2)CC1. The number of ether oxygens (including phenoxy) is 2. The number of carbonyl (C=O) groups is 2. The van der Waals surface area contributed by atoms with Crippen molar-refractivity contribution in [2.45, 2.75) is 17.7 Å². The number of hydrogen-bond donors (Lipinski definition) is 0. The third-order valence-corrected chi connectivity index (χ3v) is 7.87. The van der Waals surface area contributed by atoms with Crippen molar-refractivity contribution < 1.29 is 27.5 Å². The lowest BCUT2D eigenvalue weighted by atomic mass is 9.98. The molecular formula is C24H22ClNO6S. The molecule has 9 heteroatoms. The van der Waals surface area contributed by atoms with Crippen molar-refractivity contribution in [3.8, 4) is 5.75 Å². The van der Waals surface area contributed by atoms with Gasteiger partial charge in [-0.2, -0.15) is 4.31 Å². The molecule has 7 nitrogen and oxygen atoms in total. The van der Waals surface area contributed by atoms with Crippen molar-refractivity contribution in [2.75, 3.05) is 20.2 Å². The molecule has 0 aliphatic carbocycles. The van der Waals surface area contributed by atoms with Gasteiger partial charge in [-0.25, -0.2) is 13.2 Å². The highest BCUT2D eigenvalue weighted by Crippen LogP contribution is 2.30. The van der Waals surface area contributed by atoms with Crippen molar-refractivity contribution in [3.05, 3.63) is 71.2 Å². The summed E-state index contributed by atoms with van der Waals surface area (Å²) in [6, 6.07) is 16.7. The van der Waals surface area contributed by atoms with Gasteiger partial charge in [-0.1, -0.05) is 35.9 Å². The molecule has 0 amide bonds. The van der Waals surface area contributed by atoms with Gasteiger partial charge in [-0.15, -0.1) is 0 Å². The van der Waals surface area contributed by atoms with Crippen LogP contribution in [0.25, 0.3) is 10.8 Å². The van der Waals surface area contributed by atoms with E-state index in [1.807, 2.05) is 24.3 Å². The molecule has 1 fully saturated rings. The second-order valence-corrected chi connectivity index (χ2v) is 10.1. The van der Waals surface area contributed by atoms with E-state index in [0.29, 0.717) is 17.9 Å². The molecule has 0 spiro atoms. The van der Waals surface area contributed by atoms with E-state index in [-0.39, 0.29) is 29.3 Å². The molecule has 33 heavy (non-hydrogen) atoms. The highest BCUT2D eigenvalue weighted by atomic mass is 35.5. The quantitative estimate of drug-likeness (QED) is 0.394. The van der Waals surface area contributed by atoms with Crippen LogP contribution in [0.4, 0.5) is 0 Å². The number of esters is 2. The van der Waals surface area contributed by atoms with Gasteiger partial charge in [0.2, 0.25) is 10.0 Å². The summed E-state index contributed by atoms with van der Waals surface area (Å²) in [5, 5.41) is 2.09. The first kappa shape index (κ1) is 23.2. The standard InChI is InChI=1S/C24H22ClNO6S/c1-31-24(28)21-14-17-4-2-3-5-18(17)15-22(21)32-23(27)16-10-12-26(13-11-16)33(29,30)20-8-6-19(25)7-9-20/h2-9,14-16H,10-13H2,1H3. The number of carbonyl (C=O) groups excluding carboxylic acids is 2. The fourth-order valence-electron chi connectivity index (χ4n) is 3.85. The Labute approximate surface area is 196 Å². The Hall–Kier alpha value is -2.94. The normalized spacial score (nSPS) is 15.3. The van der Waals surface area contributed by atoms with Crippen molar-refractivity contribution in [1.82, 2.24) is 4.31 Å². The Kier molecular flexibility index (Phi) is 6.69. The van der Waals surface area contributed by atoms with Crippen molar-refractivity contribution in [3.63, 3.8) is 0 Å². The number of rotatable bonds is 5. The predicted octanol–water partition coefficient (Wildman–Crippen LogP) is 4.29. The van der Waals surface area contributed by atoms with Crippen LogP contribution in [-0.2, 0) is 19.6 Å².